The molecule has 6 nitrogen and oxygen atoms in total. The SMILES string of the molecule is CCOC(=O)CN1Cc2ccccc2N(CC(C)O)CCC1=O. The van der Waals surface area contributed by atoms with Gasteiger partial charge in [-0.3, -0.25) is 9.59 Å². The van der Waals surface area contributed by atoms with Crippen LogP contribution in [-0.4, -0.2) is 54.2 Å². The molecule has 1 aliphatic rings. The molecule has 0 spiro atoms. The van der Waals surface area contributed by atoms with Crippen molar-refractivity contribution in [2.24, 2.45) is 0 Å². The van der Waals surface area contributed by atoms with Crippen molar-refractivity contribution in [2.75, 3.05) is 31.1 Å². The number of carbonyl (C=O) groups is 2. The minimum Gasteiger partial charge on any atom is -0.465 e. The Morgan fingerprint density at radius 1 is 1.35 bits per heavy atom. The first-order valence-electron chi connectivity index (χ1n) is 7.95. The van der Waals surface area contributed by atoms with Gasteiger partial charge in [-0.15, -0.1) is 0 Å². The van der Waals surface area contributed by atoms with E-state index in [1.165, 1.54) is 4.90 Å². The van der Waals surface area contributed by atoms with E-state index in [1.807, 2.05) is 29.2 Å². The molecule has 1 N–H and O–H groups in total. The van der Waals surface area contributed by atoms with Crippen molar-refractivity contribution >= 4 is 17.6 Å². The van der Waals surface area contributed by atoms with E-state index < -0.39 is 6.10 Å². The van der Waals surface area contributed by atoms with Crippen LogP contribution in [0.1, 0.15) is 25.8 Å². The normalized spacial score (nSPS) is 16.4. The second kappa shape index (κ2) is 7.97. The zero-order chi connectivity index (χ0) is 16.8. The van der Waals surface area contributed by atoms with Crippen molar-refractivity contribution in [2.45, 2.75) is 32.9 Å². The second-order valence-electron chi connectivity index (χ2n) is 5.73. The number of rotatable bonds is 5. The zero-order valence-electron chi connectivity index (χ0n) is 13.7. The average Bonchev–Trinajstić information content (AvgIpc) is 2.50. The maximum atomic E-state index is 12.4. The van der Waals surface area contributed by atoms with Crippen LogP contribution in [0.3, 0.4) is 0 Å². The fourth-order valence-electron chi connectivity index (χ4n) is 2.77. The maximum absolute atomic E-state index is 12.4. The number of para-hydroxylation sites is 1. The van der Waals surface area contributed by atoms with Crippen molar-refractivity contribution in [1.29, 1.82) is 0 Å². The van der Waals surface area contributed by atoms with E-state index in [0.29, 0.717) is 32.7 Å². The van der Waals surface area contributed by atoms with E-state index in [4.69, 9.17) is 4.74 Å². The van der Waals surface area contributed by atoms with Gasteiger partial charge in [-0.2, -0.15) is 0 Å². The molecular formula is C17H24N2O4. The van der Waals surface area contributed by atoms with Crippen LogP contribution in [0.5, 0.6) is 0 Å². The molecule has 1 aliphatic heterocycles. The van der Waals surface area contributed by atoms with E-state index in [2.05, 4.69) is 0 Å². The Morgan fingerprint density at radius 2 is 2.09 bits per heavy atom. The van der Waals surface area contributed by atoms with Crippen molar-refractivity contribution in [3.63, 3.8) is 0 Å². The van der Waals surface area contributed by atoms with Crippen molar-refractivity contribution in [1.82, 2.24) is 4.90 Å². The number of β-amino-alcohol motifs (C(OH)–C–C–N with tert-alkyl or cyclic N) is 1. The second-order valence-corrected chi connectivity index (χ2v) is 5.73. The Morgan fingerprint density at radius 3 is 2.78 bits per heavy atom. The molecule has 0 bridgehead atoms. The number of esters is 1. The third-order valence-corrected chi connectivity index (χ3v) is 3.75. The summed E-state index contributed by atoms with van der Waals surface area (Å²) in [6, 6.07) is 7.78. The van der Waals surface area contributed by atoms with E-state index >= 15 is 0 Å². The number of benzene rings is 1. The van der Waals surface area contributed by atoms with Crippen LogP contribution in [0.15, 0.2) is 24.3 Å². The number of aliphatic hydroxyl groups is 1. The summed E-state index contributed by atoms with van der Waals surface area (Å²) in [5.41, 5.74) is 1.96. The highest BCUT2D eigenvalue weighted by molar-refractivity contribution is 5.83. The Bertz CT molecular complexity index is 559. The quantitative estimate of drug-likeness (QED) is 0.825. The molecule has 6 heteroatoms. The van der Waals surface area contributed by atoms with Gasteiger partial charge in [-0.05, 0) is 25.5 Å². The molecular weight excluding hydrogens is 296 g/mol. The van der Waals surface area contributed by atoms with Gasteiger partial charge in [0, 0.05) is 31.7 Å². The zero-order valence-corrected chi connectivity index (χ0v) is 13.7. The molecule has 0 saturated heterocycles. The largest absolute Gasteiger partial charge is 0.465 e. The van der Waals surface area contributed by atoms with Gasteiger partial charge in [0.25, 0.3) is 0 Å². The number of nitrogens with zero attached hydrogens (tertiary/aromatic N) is 2. The topological polar surface area (TPSA) is 70.1 Å². The molecule has 0 fully saturated rings. The lowest BCUT2D eigenvalue weighted by molar-refractivity contribution is -0.149. The van der Waals surface area contributed by atoms with Crippen molar-refractivity contribution < 1.29 is 19.4 Å². The van der Waals surface area contributed by atoms with Crippen LogP contribution in [-0.2, 0) is 20.9 Å². The molecule has 1 aromatic carbocycles. The standard InChI is InChI=1S/C17H24N2O4/c1-3-23-17(22)12-19-11-14-6-4-5-7-15(14)18(10-13(2)20)9-8-16(19)21/h4-7,13,20H,3,8-12H2,1-2H3. The molecule has 1 heterocycles. The maximum Gasteiger partial charge on any atom is 0.325 e. The van der Waals surface area contributed by atoms with Gasteiger partial charge >= 0.3 is 5.97 Å². The smallest absolute Gasteiger partial charge is 0.325 e. The fraction of sp³-hybridized carbons (Fsp3) is 0.529. The third-order valence-electron chi connectivity index (χ3n) is 3.75. The van der Waals surface area contributed by atoms with E-state index in [1.54, 1.807) is 13.8 Å². The van der Waals surface area contributed by atoms with E-state index in [-0.39, 0.29) is 18.4 Å². The first-order valence-corrected chi connectivity index (χ1v) is 7.95. The van der Waals surface area contributed by atoms with Crippen LogP contribution in [0.25, 0.3) is 0 Å². The predicted octanol–water partition coefficient (Wildman–Crippen LogP) is 1.17. The van der Waals surface area contributed by atoms with Crippen molar-refractivity contribution in [3.8, 4) is 0 Å². The molecule has 1 atom stereocenters. The van der Waals surface area contributed by atoms with Gasteiger partial charge in [-0.25, -0.2) is 0 Å². The Kier molecular flexibility index (Phi) is 5.98. The number of anilines is 1. The lowest BCUT2D eigenvalue weighted by Crippen LogP contribution is -2.42. The summed E-state index contributed by atoms with van der Waals surface area (Å²) >= 11 is 0. The first-order chi connectivity index (χ1) is 11.0. The predicted molar refractivity (Wildman–Crippen MR) is 87.0 cm³/mol. The summed E-state index contributed by atoms with van der Waals surface area (Å²) in [6.45, 7) is 5.11. The minimum absolute atomic E-state index is 0.0303. The summed E-state index contributed by atoms with van der Waals surface area (Å²) in [5.74, 6) is -0.470. The van der Waals surface area contributed by atoms with Crippen LogP contribution in [0, 0.1) is 0 Å². The highest BCUT2D eigenvalue weighted by atomic mass is 16.5. The van der Waals surface area contributed by atoms with Gasteiger partial charge in [0.1, 0.15) is 6.54 Å². The van der Waals surface area contributed by atoms with Crippen molar-refractivity contribution in [3.05, 3.63) is 29.8 Å². The lowest BCUT2D eigenvalue weighted by atomic mass is 10.1. The summed E-state index contributed by atoms with van der Waals surface area (Å²) in [5, 5.41) is 9.69. The molecule has 1 aromatic rings. The summed E-state index contributed by atoms with van der Waals surface area (Å²) < 4.78 is 4.95. The van der Waals surface area contributed by atoms with E-state index in [9.17, 15) is 14.7 Å². The molecule has 0 aliphatic carbocycles. The van der Waals surface area contributed by atoms with Gasteiger partial charge in [0.2, 0.25) is 5.91 Å². The molecule has 0 aromatic heterocycles. The highest BCUT2D eigenvalue weighted by Gasteiger charge is 2.24. The van der Waals surface area contributed by atoms with Crippen LogP contribution in [0.2, 0.25) is 0 Å². The van der Waals surface area contributed by atoms with Crippen LogP contribution < -0.4 is 4.90 Å². The molecule has 0 radical (unpaired) electrons. The number of hydrogen-bond acceptors (Lipinski definition) is 5. The Labute approximate surface area is 136 Å². The molecule has 1 amide bonds. The van der Waals surface area contributed by atoms with Crippen LogP contribution in [0.4, 0.5) is 5.69 Å². The molecule has 0 saturated carbocycles. The number of hydrogen-bond donors (Lipinski definition) is 1. The monoisotopic (exact) mass is 320 g/mol. The highest BCUT2D eigenvalue weighted by Crippen LogP contribution is 2.25. The average molecular weight is 320 g/mol. The lowest BCUT2D eigenvalue weighted by Gasteiger charge is -2.33. The number of carbonyl (C=O) groups excluding carboxylic acids is 2. The Balaban J connectivity index is 2.23. The number of aliphatic hydroxyl groups excluding tert-OH is 1. The van der Waals surface area contributed by atoms with Crippen LogP contribution >= 0.6 is 0 Å². The van der Waals surface area contributed by atoms with Gasteiger partial charge in [0.15, 0.2) is 0 Å². The van der Waals surface area contributed by atoms with Gasteiger partial charge in [0.05, 0.1) is 12.7 Å². The molecule has 126 valence electrons. The van der Waals surface area contributed by atoms with E-state index in [0.717, 1.165) is 11.3 Å². The number of amides is 1. The fourth-order valence-corrected chi connectivity index (χ4v) is 2.77. The number of ether oxygens (including phenoxy) is 1. The third kappa shape index (κ3) is 4.69. The summed E-state index contributed by atoms with van der Waals surface area (Å²) in [4.78, 5) is 27.7. The van der Waals surface area contributed by atoms with Gasteiger partial charge < -0.3 is 19.6 Å². The summed E-state index contributed by atoms with van der Waals surface area (Å²) in [7, 11) is 0. The van der Waals surface area contributed by atoms with Gasteiger partial charge in [-0.1, -0.05) is 18.2 Å². The first kappa shape index (κ1) is 17.3. The summed E-state index contributed by atoms with van der Waals surface area (Å²) in [6.07, 6.45) is -0.172. The molecule has 1 unspecified atom stereocenters. The molecule has 2 rings (SSSR count). The minimum atomic E-state index is -0.479. The molecule has 23 heavy (non-hydrogen) atoms. The number of fused-ring (bicyclic) bond motifs is 1. The Hall–Kier alpha value is -2.08.